The van der Waals surface area contributed by atoms with Gasteiger partial charge in [-0.15, -0.1) is 0 Å². The Bertz CT molecular complexity index is 824. The van der Waals surface area contributed by atoms with E-state index in [9.17, 15) is 29.4 Å². The number of rotatable bonds is 12. The minimum Gasteiger partial charge on any atom is -0.393 e. The van der Waals surface area contributed by atoms with Crippen molar-refractivity contribution in [2.45, 2.75) is 102 Å². The van der Waals surface area contributed by atoms with Gasteiger partial charge in [-0.25, -0.2) is 0 Å². The second kappa shape index (κ2) is 18.3. The monoisotopic (exact) mass is 520 g/mol. The number of aliphatic hydroxyl groups is 2. The number of amides is 4. The maximum atomic E-state index is 12.9. The van der Waals surface area contributed by atoms with Gasteiger partial charge in [-0.1, -0.05) is 56.9 Å². The zero-order valence-corrected chi connectivity index (χ0v) is 22.2. The number of carbonyl (C=O) groups is 4. The Morgan fingerprint density at radius 2 is 1.92 bits per heavy atom. The first-order valence-electron chi connectivity index (χ1n) is 13.2. The molecule has 0 bridgehead atoms. The van der Waals surface area contributed by atoms with Crippen LogP contribution in [0.1, 0.15) is 72.1 Å². The van der Waals surface area contributed by atoms with Crippen LogP contribution < -0.4 is 21.3 Å². The second-order valence-electron chi connectivity index (χ2n) is 9.40. The molecule has 0 saturated carbocycles. The lowest BCUT2D eigenvalue weighted by atomic mass is 10.0. The van der Waals surface area contributed by atoms with Crippen LogP contribution >= 0.6 is 0 Å². The predicted octanol–water partition coefficient (Wildman–Crippen LogP) is 1.14. The molecule has 0 aliphatic carbocycles. The molecular formula is C27H44N4O6. The Balaban J connectivity index is 2.73. The van der Waals surface area contributed by atoms with Crippen molar-refractivity contribution in [3.8, 4) is 0 Å². The Labute approximate surface area is 220 Å². The first-order valence-corrected chi connectivity index (χ1v) is 13.2. The maximum Gasteiger partial charge on any atom is 0.245 e. The third-order valence-corrected chi connectivity index (χ3v) is 5.86. The number of aliphatic hydroxyl groups excluding tert-OH is 2. The standard InChI is InChI=1S/C27H44N4O6/c1-4-5-6-7-8-9-10-11-12-13-24(35)31-25(20(3)32)27(37)30-22-18-21(33)16-17-28-23(34)15-14-19(2)29-26(22)36/h10-15,19-22,25,32-33H,4-9,16-18H2,1-3H3,(H,28,34)(H,29,36)(H,30,37)(H,31,35)/b11-10+,13-12+,15-14+/t19-,20+,21-,22+,25+/m0/s1. The molecule has 0 saturated heterocycles. The van der Waals surface area contributed by atoms with Crippen molar-refractivity contribution in [1.29, 1.82) is 0 Å². The molecule has 6 N–H and O–H groups in total. The van der Waals surface area contributed by atoms with Gasteiger partial charge in [-0.3, -0.25) is 19.2 Å². The molecule has 208 valence electrons. The first-order chi connectivity index (χ1) is 17.6. The lowest BCUT2D eigenvalue weighted by Gasteiger charge is -2.26. The largest absolute Gasteiger partial charge is 0.393 e. The lowest BCUT2D eigenvalue weighted by Crippen LogP contribution is -2.58. The van der Waals surface area contributed by atoms with E-state index in [1.165, 1.54) is 50.8 Å². The summed E-state index contributed by atoms with van der Waals surface area (Å²) in [6.07, 6.45) is 14.1. The van der Waals surface area contributed by atoms with Gasteiger partial charge in [0.2, 0.25) is 23.6 Å². The number of nitrogens with one attached hydrogen (secondary N) is 4. The van der Waals surface area contributed by atoms with Crippen molar-refractivity contribution >= 4 is 23.6 Å². The highest BCUT2D eigenvalue weighted by molar-refractivity contribution is 5.95. The van der Waals surface area contributed by atoms with Crippen molar-refractivity contribution in [2.75, 3.05) is 6.54 Å². The van der Waals surface area contributed by atoms with Gasteiger partial charge in [0.05, 0.1) is 12.2 Å². The summed E-state index contributed by atoms with van der Waals surface area (Å²) in [6.45, 7) is 5.40. The lowest BCUT2D eigenvalue weighted by molar-refractivity contribution is -0.134. The summed E-state index contributed by atoms with van der Waals surface area (Å²) in [6, 6.07) is -2.92. The molecule has 0 unspecified atom stereocenters. The molecule has 0 aromatic carbocycles. The number of unbranched alkanes of at least 4 members (excludes halogenated alkanes) is 5. The fourth-order valence-electron chi connectivity index (χ4n) is 3.70. The molecular weight excluding hydrogens is 476 g/mol. The number of hydrogen-bond acceptors (Lipinski definition) is 6. The average Bonchev–Trinajstić information content (AvgIpc) is 2.83. The molecule has 1 heterocycles. The Hall–Kier alpha value is -2.98. The van der Waals surface area contributed by atoms with E-state index in [1.54, 1.807) is 19.1 Å². The third kappa shape index (κ3) is 14.4. The zero-order chi connectivity index (χ0) is 27.6. The van der Waals surface area contributed by atoms with E-state index in [-0.39, 0.29) is 25.3 Å². The smallest absolute Gasteiger partial charge is 0.245 e. The van der Waals surface area contributed by atoms with Crippen molar-refractivity contribution in [2.24, 2.45) is 0 Å². The van der Waals surface area contributed by atoms with Gasteiger partial charge < -0.3 is 31.5 Å². The van der Waals surface area contributed by atoms with Crippen LogP contribution in [0.4, 0.5) is 0 Å². The van der Waals surface area contributed by atoms with E-state index >= 15 is 0 Å². The first kappa shape index (κ1) is 32.0. The van der Waals surface area contributed by atoms with Crippen LogP contribution in [-0.2, 0) is 19.2 Å². The summed E-state index contributed by atoms with van der Waals surface area (Å²) in [5.74, 6) is -2.20. The molecule has 0 fully saturated rings. The van der Waals surface area contributed by atoms with Gasteiger partial charge in [-0.2, -0.15) is 0 Å². The van der Waals surface area contributed by atoms with Crippen LogP contribution in [0.3, 0.4) is 0 Å². The number of hydrogen-bond donors (Lipinski definition) is 6. The van der Waals surface area contributed by atoms with Gasteiger partial charge in [0.1, 0.15) is 12.1 Å². The van der Waals surface area contributed by atoms with E-state index in [4.69, 9.17) is 0 Å². The SMILES string of the molecule is CCCCCCC/C=C/C=C/C(=O)N[C@@H](C(=O)N[C@@H]1C[C@@H](O)CCNC(=O)/C=C/[C@H](C)NC1=O)[C@@H](C)O. The van der Waals surface area contributed by atoms with Gasteiger partial charge in [-0.05, 0) is 33.1 Å². The van der Waals surface area contributed by atoms with Crippen molar-refractivity contribution in [3.05, 3.63) is 36.5 Å². The zero-order valence-electron chi connectivity index (χ0n) is 22.2. The van der Waals surface area contributed by atoms with Crippen LogP contribution in [-0.4, -0.2) is 70.7 Å². The summed E-state index contributed by atoms with van der Waals surface area (Å²) in [7, 11) is 0. The van der Waals surface area contributed by atoms with Crippen molar-refractivity contribution in [3.63, 3.8) is 0 Å². The highest BCUT2D eigenvalue weighted by atomic mass is 16.3. The van der Waals surface area contributed by atoms with Crippen LogP contribution in [0.2, 0.25) is 0 Å². The van der Waals surface area contributed by atoms with E-state index in [2.05, 4.69) is 28.2 Å². The Morgan fingerprint density at radius 3 is 2.62 bits per heavy atom. The third-order valence-electron chi connectivity index (χ3n) is 5.86. The summed E-state index contributed by atoms with van der Waals surface area (Å²) in [5, 5.41) is 30.7. The van der Waals surface area contributed by atoms with E-state index in [0.29, 0.717) is 0 Å². The maximum absolute atomic E-state index is 12.9. The van der Waals surface area contributed by atoms with E-state index in [1.807, 2.05) is 6.08 Å². The second-order valence-corrected chi connectivity index (χ2v) is 9.40. The van der Waals surface area contributed by atoms with Crippen LogP contribution in [0.25, 0.3) is 0 Å². The van der Waals surface area contributed by atoms with Crippen molar-refractivity contribution < 1.29 is 29.4 Å². The molecule has 0 aromatic heterocycles. The summed E-state index contributed by atoms with van der Waals surface area (Å²) >= 11 is 0. The fraction of sp³-hybridized carbons (Fsp3) is 0.630. The summed E-state index contributed by atoms with van der Waals surface area (Å²) in [5.41, 5.74) is 0. The van der Waals surface area contributed by atoms with Crippen LogP contribution in [0, 0.1) is 0 Å². The molecule has 0 radical (unpaired) electrons. The van der Waals surface area contributed by atoms with Gasteiger partial charge in [0, 0.05) is 31.2 Å². The molecule has 1 aliphatic heterocycles. The molecule has 1 rings (SSSR count). The Kier molecular flexibility index (Phi) is 15.8. The highest BCUT2D eigenvalue weighted by Crippen LogP contribution is 2.07. The summed E-state index contributed by atoms with van der Waals surface area (Å²) in [4.78, 5) is 49.7. The van der Waals surface area contributed by atoms with Crippen molar-refractivity contribution in [1.82, 2.24) is 21.3 Å². The minimum absolute atomic E-state index is 0.104. The fourth-order valence-corrected chi connectivity index (χ4v) is 3.70. The molecule has 37 heavy (non-hydrogen) atoms. The molecule has 10 heteroatoms. The van der Waals surface area contributed by atoms with Crippen LogP contribution in [0.5, 0.6) is 0 Å². The molecule has 4 amide bonds. The summed E-state index contributed by atoms with van der Waals surface area (Å²) < 4.78 is 0. The molecule has 10 nitrogen and oxygen atoms in total. The van der Waals surface area contributed by atoms with Gasteiger partial charge in [0.15, 0.2) is 0 Å². The minimum atomic E-state index is -1.30. The van der Waals surface area contributed by atoms with Gasteiger partial charge in [0.25, 0.3) is 0 Å². The Morgan fingerprint density at radius 1 is 1.19 bits per heavy atom. The molecule has 5 atom stereocenters. The molecule has 1 aliphatic rings. The van der Waals surface area contributed by atoms with Crippen LogP contribution in [0.15, 0.2) is 36.5 Å². The average molecular weight is 521 g/mol. The number of allylic oxidation sites excluding steroid dienone is 3. The normalized spacial score (nSPS) is 23.9. The van der Waals surface area contributed by atoms with E-state index < -0.39 is 48.1 Å². The predicted molar refractivity (Wildman–Crippen MR) is 142 cm³/mol. The number of carbonyl (C=O) groups excluding carboxylic acids is 4. The quantitative estimate of drug-likeness (QED) is 0.129. The molecule has 0 aromatic rings. The topological polar surface area (TPSA) is 157 Å². The highest BCUT2D eigenvalue weighted by Gasteiger charge is 2.31. The van der Waals surface area contributed by atoms with Gasteiger partial charge >= 0.3 is 0 Å². The molecule has 0 spiro atoms. The van der Waals surface area contributed by atoms with E-state index in [0.717, 1.165) is 12.8 Å².